The molecule has 4 heteroatoms. The average molecular weight is 248 g/mol. The zero-order valence-electron chi connectivity index (χ0n) is 10.7. The fourth-order valence-corrected chi connectivity index (χ4v) is 2.37. The van der Waals surface area contributed by atoms with Crippen LogP contribution in [0.25, 0.3) is 0 Å². The van der Waals surface area contributed by atoms with Crippen LogP contribution in [-0.4, -0.2) is 37.3 Å². The van der Waals surface area contributed by atoms with Crippen LogP contribution in [-0.2, 0) is 11.2 Å². The molecule has 1 atom stereocenters. The SMILES string of the molecule is CNC1CCN(c2cccc(CCCO)c2)C1=O. The number of carbonyl (C=O) groups is 1. The van der Waals surface area contributed by atoms with Crippen molar-refractivity contribution >= 4 is 11.6 Å². The number of benzene rings is 1. The molecule has 1 amide bonds. The number of likely N-dealkylation sites (N-methyl/N-ethyl adjacent to an activating group) is 1. The van der Waals surface area contributed by atoms with E-state index in [1.807, 2.05) is 36.2 Å². The average Bonchev–Trinajstić information content (AvgIpc) is 2.78. The van der Waals surface area contributed by atoms with Crippen LogP contribution in [0.4, 0.5) is 5.69 Å². The molecule has 4 nitrogen and oxygen atoms in total. The molecule has 0 aliphatic carbocycles. The van der Waals surface area contributed by atoms with E-state index in [1.54, 1.807) is 0 Å². The first kappa shape index (κ1) is 13.1. The van der Waals surface area contributed by atoms with Gasteiger partial charge < -0.3 is 15.3 Å². The summed E-state index contributed by atoms with van der Waals surface area (Å²) in [5.74, 6) is 0.150. The number of carbonyl (C=O) groups excluding carboxylic acids is 1. The Bertz CT molecular complexity index is 420. The molecule has 98 valence electrons. The first-order chi connectivity index (χ1) is 8.76. The van der Waals surface area contributed by atoms with E-state index in [2.05, 4.69) is 5.32 Å². The lowest BCUT2D eigenvalue weighted by molar-refractivity contribution is -0.118. The van der Waals surface area contributed by atoms with Crippen molar-refractivity contribution in [3.05, 3.63) is 29.8 Å². The number of nitrogens with zero attached hydrogens (tertiary/aromatic N) is 1. The van der Waals surface area contributed by atoms with Crippen LogP contribution >= 0.6 is 0 Å². The van der Waals surface area contributed by atoms with E-state index in [0.717, 1.165) is 31.5 Å². The zero-order valence-corrected chi connectivity index (χ0v) is 10.7. The van der Waals surface area contributed by atoms with Crippen molar-refractivity contribution in [3.8, 4) is 0 Å². The van der Waals surface area contributed by atoms with Crippen LogP contribution in [0.3, 0.4) is 0 Å². The highest BCUT2D eigenvalue weighted by Gasteiger charge is 2.31. The molecule has 0 spiro atoms. The fraction of sp³-hybridized carbons (Fsp3) is 0.500. The van der Waals surface area contributed by atoms with Crippen LogP contribution in [0.2, 0.25) is 0 Å². The maximum atomic E-state index is 12.1. The number of aliphatic hydroxyl groups is 1. The number of aliphatic hydroxyl groups excluding tert-OH is 1. The Balaban J connectivity index is 2.11. The predicted molar refractivity (Wildman–Crippen MR) is 71.7 cm³/mol. The molecular formula is C14H20N2O2. The minimum atomic E-state index is -0.0499. The molecule has 1 unspecified atom stereocenters. The first-order valence-electron chi connectivity index (χ1n) is 6.44. The lowest BCUT2D eigenvalue weighted by Crippen LogP contribution is -2.36. The monoisotopic (exact) mass is 248 g/mol. The third-order valence-corrected chi connectivity index (χ3v) is 3.40. The number of amides is 1. The molecule has 0 bridgehead atoms. The van der Waals surface area contributed by atoms with Crippen molar-refractivity contribution in [3.63, 3.8) is 0 Å². The standard InChI is InChI=1S/C14H20N2O2/c1-15-13-7-8-16(14(13)18)12-6-2-4-11(10-12)5-3-9-17/h2,4,6,10,13,15,17H,3,5,7-9H2,1H3. The summed E-state index contributed by atoms with van der Waals surface area (Å²) >= 11 is 0. The Morgan fingerprint density at radius 3 is 3.00 bits per heavy atom. The minimum absolute atomic E-state index is 0.0499. The number of hydrogen-bond acceptors (Lipinski definition) is 3. The Kier molecular flexibility index (Phi) is 4.33. The molecule has 0 radical (unpaired) electrons. The van der Waals surface area contributed by atoms with Gasteiger partial charge in [0, 0.05) is 18.8 Å². The number of hydrogen-bond donors (Lipinski definition) is 2. The summed E-state index contributed by atoms with van der Waals surface area (Å²) in [7, 11) is 1.82. The Hall–Kier alpha value is -1.39. The van der Waals surface area contributed by atoms with E-state index < -0.39 is 0 Å². The second kappa shape index (κ2) is 5.98. The van der Waals surface area contributed by atoms with Crippen LogP contribution < -0.4 is 10.2 Å². The summed E-state index contributed by atoms with van der Waals surface area (Å²) in [5.41, 5.74) is 2.13. The fourth-order valence-electron chi connectivity index (χ4n) is 2.37. The van der Waals surface area contributed by atoms with Gasteiger partial charge in [-0.2, -0.15) is 0 Å². The van der Waals surface area contributed by atoms with E-state index in [0.29, 0.717) is 0 Å². The van der Waals surface area contributed by atoms with E-state index >= 15 is 0 Å². The summed E-state index contributed by atoms with van der Waals surface area (Å²) < 4.78 is 0. The van der Waals surface area contributed by atoms with Gasteiger partial charge in [-0.15, -0.1) is 0 Å². The molecule has 0 aromatic heterocycles. The summed E-state index contributed by atoms with van der Waals surface area (Å²) in [6.07, 6.45) is 2.47. The van der Waals surface area contributed by atoms with Crippen LogP contribution in [0.15, 0.2) is 24.3 Å². The smallest absolute Gasteiger partial charge is 0.244 e. The third kappa shape index (κ3) is 2.71. The highest BCUT2D eigenvalue weighted by molar-refractivity contribution is 5.99. The highest BCUT2D eigenvalue weighted by atomic mass is 16.2. The third-order valence-electron chi connectivity index (χ3n) is 3.40. The number of anilines is 1. The second-order valence-corrected chi connectivity index (χ2v) is 4.62. The van der Waals surface area contributed by atoms with Gasteiger partial charge in [-0.3, -0.25) is 4.79 Å². The van der Waals surface area contributed by atoms with Gasteiger partial charge in [-0.05, 0) is 44.0 Å². The van der Waals surface area contributed by atoms with E-state index in [4.69, 9.17) is 5.11 Å². The van der Waals surface area contributed by atoms with Crippen molar-refractivity contribution in [2.45, 2.75) is 25.3 Å². The summed E-state index contributed by atoms with van der Waals surface area (Å²) in [4.78, 5) is 13.9. The molecule has 1 aromatic carbocycles. The summed E-state index contributed by atoms with van der Waals surface area (Å²) in [6, 6.07) is 7.98. The number of aryl methyl sites for hydroxylation is 1. The first-order valence-corrected chi connectivity index (χ1v) is 6.44. The van der Waals surface area contributed by atoms with Gasteiger partial charge >= 0.3 is 0 Å². The Morgan fingerprint density at radius 1 is 1.50 bits per heavy atom. The normalized spacial score (nSPS) is 19.6. The van der Waals surface area contributed by atoms with Gasteiger partial charge in [0.1, 0.15) is 0 Å². The summed E-state index contributed by atoms with van der Waals surface area (Å²) in [6.45, 7) is 0.975. The molecule has 1 heterocycles. The van der Waals surface area contributed by atoms with Gasteiger partial charge in [-0.1, -0.05) is 12.1 Å². The van der Waals surface area contributed by atoms with Gasteiger partial charge in [-0.25, -0.2) is 0 Å². The molecule has 1 aromatic rings. The van der Waals surface area contributed by atoms with Gasteiger partial charge in [0.15, 0.2) is 0 Å². The maximum Gasteiger partial charge on any atom is 0.244 e. The molecule has 1 saturated heterocycles. The Morgan fingerprint density at radius 2 is 2.33 bits per heavy atom. The lowest BCUT2D eigenvalue weighted by Gasteiger charge is -2.17. The molecule has 18 heavy (non-hydrogen) atoms. The molecule has 1 aliphatic rings. The van der Waals surface area contributed by atoms with E-state index in [9.17, 15) is 4.79 Å². The molecule has 1 fully saturated rings. The van der Waals surface area contributed by atoms with E-state index in [1.165, 1.54) is 5.56 Å². The zero-order chi connectivity index (χ0) is 13.0. The molecule has 1 aliphatic heterocycles. The van der Waals surface area contributed by atoms with Crippen molar-refractivity contribution in [2.24, 2.45) is 0 Å². The van der Waals surface area contributed by atoms with Crippen molar-refractivity contribution in [1.29, 1.82) is 0 Å². The van der Waals surface area contributed by atoms with Crippen molar-refractivity contribution < 1.29 is 9.90 Å². The second-order valence-electron chi connectivity index (χ2n) is 4.62. The molecular weight excluding hydrogens is 228 g/mol. The van der Waals surface area contributed by atoms with Crippen molar-refractivity contribution in [1.82, 2.24) is 5.32 Å². The van der Waals surface area contributed by atoms with Crippen LogP contribution in [0.5, 0.6) is 0 Å². The van der Waals surface area contributed by atoms with Crippen molar-refractivity contribution in [2.75, 3.05) is 25.1 Å². The van der Waals surface area contributed by atoms with Gasteiger partial charge in [0.25, 0.3) is 0 Å². The topological polar surface area (TPSA) is 52.6 Å². The number of rotatable bonds is 5. The van der Waals surface area contributed by atoms with Gasteiger partial charge in [0.2, 0.25) is 5.91 Å². The summed E-state index contributed by atoms with van der Waals surface area (Å²) in [5, 5.41) is 11.9. The molecule has 2 N–H and O–H groups in total. The molecule has 0 saturated carbocycles. The minimum Gasteiger partial charge on any atom is -0.396 e. The lowest BCUT2D eigenvalue weighted by atomic mass is 10.1. The van der Waals surface area contributed by atoms with Crippen LogP contribution in [0.1, 0.15) is 18.4 Å². The quantitative estimate of drug-likeness (QED) is 0.815. The van der Waals surface area contributed by atoms with E-state index in [-0.39, 0.29) is 18.6 Å². The predicted octanol–water partition coefficient (Wildman–Crippen LogP) is 0.936. The van der Waals surface area contributed by atoms with Crippen LogP contribution in [0, 0.1) is 0 Å². The largest absolute Gasteiger partial charge is 0.396 e. The highest BCUT2D eigenvalue weighted by Crippen LogP contribution is 2.23. The number of nitrogens with one attached hydrogen (secondary N) is 1. The Labute approximate surface area is 108 Å². The molecule has 2 rings (SSSR count). The maximum absolute atomic E-state index is 12.1. The van der Waals surface area contributed by atoms with Gasteiger partial charge in [0.05, 0.1) is 6.04 Å².